The lowest BCUT2D eigenvalue weighted by atomic mass is 9.88. The summed E-state index contributed by atoms with van der Waals surface area (Å²) in [6, 6.07) is 0. The predicted molar refractivity (Wildman–Crippen MR) is 64.4 cm³/mol. The largest absolute Gasteiger partial charge is 0.394 e. The van der Waals surface area contributed by atoms with Gasteiger partial charge in [-0.15, -0.1) is 0 Å². The minimum atomic E-state index is -0.0462. The second kappa shape index (κ2) is 4.63. The van der Waals surface area contributed by atoms with E-state index in [1.165, 1.54) is 12.8 Å². The molecule has 1 saturated heterocycles. The molecule has 1 aliphatic heterocycles. The zero-order valence-corrected chi connectivity index (χ0v) is 10.6. The summed E-state index contributed by atoms with van der Waals surface area (Å²) < 4.78 is 5.61. The van der Waals surface area contributed by atoms with Crippen LogP contribution in [0.5, 0.6) is 0 Å². The van der Waals surface area contributed by atoms with E-state index in [4.69, 9.17) is 4.74 Å². The summed E-state index contributed by atoms with van der Waals surface area (Å²) in [6.45, 7) is 6.64. The Bertz CT molecular complexity index is 236. The van der Waals surface area contributed by atoms with Crippen molar-refractivity contribution in [3.63, 3.8) is 0 Å². The van der Waals surface area contributed by atoms with Gasteiger partial charge in [0, 0.05) is 18.7 Å². The lowest BCUT2D eigenvalue weighted by Crippen LogP contribution is -2.49. The normalized spacial score (nSPS) is 38.1. The second-order valence-electron chi connectivity index (χ2n) is 6.30. The molecule has 0 amide bonds. The SMILES string of the molecule is CC1(C)CCC(CO)(NCC2CCCO2)C1. The predicted octanol–water partition coefficient (Wildman–Crippen LogP) is 1.70. The lowest BCUT2D eigenvalue weighted by Gasteiger charge is -2.31. The molecule has 2 fully saturated rings. The molecule has 0 aromatic carbocycles. The molecule has 0 radical (unpaired) electrons. The van der Waals surface area contributed by atoms with Gasteiger partial charge in [-0.05, 0) is 37.5 Å². The van der Waals surface area contributed by atoms with Crippen LogP contribution in [0, 0.1) is 5.41 Å². The molecule has 2 N–H and O–H groups in total. The van der Waals surface area contributed by atoms with E-state index in [-0.39, 0.29) is 12.1 Å². The number of ether oxygens (including phenoxy) is 1. The smallest absolute Gasteiger partial charge is 0.0700 e. The quantitative estimate of drug-likeness (QED) is 0.768. The monoisotopic (exact) mass is 227 g/mol. The third-order valence-corrected chi connectivity index (χ3v) is 4.13. The summed E-state index contributed by atoms with van der Waals surface area (Å²) >= 11 is 0. The van der Waals surface area contributed by atoms with E-state index < -0.39 is 0 Å². The maximum atomic E-state index is 9.62. The summed E-state index contributed by atoms with van der Waals surface area (Å²) in [5.41, 5.74) is 0.321. The van der Waals surface area contributed by atoms with E-state index in [0.717, 1.165) is 32.4 Å². The van der Waals surface area contributed by atoms with E-state index in [0.29, 0.717) is 11.5 Å². The summed E-state index contributed by atoms with van der Waals surface area (Å²) in [5, 5.41) is 13.2. The van der Waals surface area contributed by atoms with Gasteiger partial charge in [-0.1, -0.05) is 13.8 Å². The number of rotatable bonds is 4. The summed E-state index contributed by atoms with van der Waals surface area (Å²) in [6.07, 6.45) is 6.08. The van der Waals surface area contributed by atoms with E-state index in [1.54, 1.807) is 0 Å². The van der Waals surface area contributed by atoms with Crippen LogP contribution in [0.1, 0.15) is 46.0 Å². The van der Waals surface area contributed by atoms with Gasteiger partial charge in [0.05, 0.1) is 12.7 Å². The minimum Gasteiger partial charge on any atom is -0.394 e. The van der Waals surface area contributed by atoms with Gasteiger partial charge in [0.15, 0.2) is 0 Å². The van der Waals surface area contributed by atoms with Crippen LogP contribution in [0.25, 0.3) is 0 Å². The van der Waals surface area contributed by atoms with Crippen LogP contribution in [-0.4, -0.2) is 36.5 Å². The maximum absolute atomic E-state index is 9.62. The minimum absolute atomic E-state index is 0.0462. The van der Waals surface area contributed by atoms with Crippen molar-refractivity contribution in [3.8, 4) is 0 Å². The van der Waals surface area contributed by atoms with Crippen LogP contribution in [0.2, 0.25) is 0 Å². The molecule has 0 aromatic heterocycles. The fraction of sp³-hybridized carbons (Fsp3) is 1.00. The van der Waals surface area contributed by atoms with E-state index >= 15 is 0 Å². The van der Waals surface area contributed by atoms with Crippen molar-refractivity contribution < 1.29 is 9.84 Å². The van der Waals surface area contributed by atoms with Gasteiger partial charge < -0.3 is 15.2 Å². The van der Waals surface area contributed by atoms with Crippen molar-refractivity contribution in [3.05, 3.63) is 0 Å². The molecule has 3 heteroatoms. The highest BCUT2D eigenvalue weighted by atomic mass is 16.5. The topological polar surface area (TPSA) is 41.5 Å². The number of aliphatic hydroxyl groups excluding tert-OH is 1. The Morgan fingerprint density at radius 3 is 2.69 bits per heavy atom. The standard InChI is InChI=1S/C13H25NO2/c1-12(2)5-6-13(9-12,10-15)14-8-11-4-3-7-16-11/h11,14-15H,3-10H2,1-2H3. The van der Waals surface area contributed by atoms with Crippen molar-refractivity contribution in [2.75, 3.05) is 19.8 Å². The average molecular weight is 227 g/mol. The lowest BCUT2D eigenvalue weighted by molar-refractivity contribution is 0.0860. The molecule has 94 valence electrons. The van der Waals surface area contributed by atoms with E-state index in [2.05, 4.69) is 19.2 Å². The van der Waals surface area contributed by atoms with Crippen LogP contribution >= 0.6 is 0 Å². The van der Waals surface area contributed by atoms with E-state index in [9.17, 15) is 5.11 Å². The number of aliphatic hydroxyl groups is 1. The summed E-state index contributed by atoms with van der Waals surface area (Å²) in [5.74, 6) is 0. The van der Waals surface area contributed by atoms with Gasteiger partial charge in [-0.3, -0.25) is 0 Å². The number of hydrogen-bond donors (Lipinski definition) is 2. The Hall–Kier alpha value is -0.120. The molecule has 1 heterocycles. The molecule has 2 atom stereocenters. The highest BCUT2D eigenvalue weighted by Gasteiger charge is 2.42. The Balaban J connectivity index is 1.85. The molecule has 2 aliphatic rings. The van der Waals surface area contributed by atoms with Crippen LogP contribution in [0.4, 0.5) is 0 Å². The Kier molecular flexibility index (Phi) is 3.57. The summed E-state index contributed by atoms with van der Waals surface area (Å²) in [4.78, 5) is 0. The fourth-order valence-corrected chi connectivity index (χ4v) is 3.15. The molecule has 0 bridgehead atoms. The first kappa shape index (κ1) is 12.3. The third kappa shape index (κ3) is 2.76. The maximum Gasteiger partial charge on any atom is 0.0700 e. The zero-order valence-electron chi connectivity index (χ0n) is 10.6. The van der Waals surface area contributed by atoms with Gasteiger partial charge in [-0.2, -0.15) is 0 Å². The molecule has 2 rings (SSSR count). The number of hydrogen-bond acceptors (Lipinski definition) is 3. The molecular weight excluding hydrogens is 202 g/mol. The molecule has 1 aliphatic carbocycles. The molecule has 0 spiro atoms. The van der Waals surface area contributed by atoms with Crippen LogP contribution in [-0.2, 0) is 4.74 Å². The Morgan fingerprint density at radius 2 is 2.19 bits per heavy atom. The molecule has 2 unspecified atom stereocenters. The van der Waals surface area contributed by atoms with Crippen molar-refractivity contribution in [1.29, 1.82) is 0 Å². The van der Waals surface area contributed by atoms with Gasteiger partial charge in [0.1, 0.15) is 0 Å². The molecular formula is C13H25NO2. The molecule has 16 heavy (non-hydrogen) atoms. The third-order valence-electron chi connectivity index (χ3n) is 4.13. The molecule has 1 saturated carbocycles. The van der Waals surface area contributed by atoms with Crippen LogP contribution < -0.4 is 5.32 Å². The zero-order chi connectivity index (χ0) is 11.6. The molecule has 0 aromatic rings. The summed E-state index contributed by atoms with van der Waals surface area (Å²) in [7, 11) is 0. The van der Waals surface area contributed by atoms with E-state index in [1.807, 2.05) is 0 Å². The highest BCUT2D eigenvalue weighted by Crippen LogP contribution is 2.43. The fourth-order valence-electron chi connectivity index (χ4n) is 3.15. The van der Waals surface area contributed by atoms with Gasteiger partial charge in [0.2, 0.25) is 0 Å². The first-order valence-electron chi connectivity index (χ1n) is 6.53. The van der Waals surface area contributed by atoms with Crippen LogP contribution in [0.15, 0.2) is 0 Å². The first-order valence-corrected chi connectivity index (χ1v) is 6.53. The van der Waals surface area contributed by atoms with Gasteiger partial charge in [0.25, 0.3) is 0 Å². The second-order valence-corrected chi connectivity index (χ2v) is 6.30. The Morgan fingerprint density at radius 1 is 1.38 bits per heavy atom. The highest BCUT2D eigenvalue weighted by molar-refractivity contribution is 5.00. The average Bonchev–Trinajstić information content (AvgIpc) is 2.84. The Labute approximate surface area is 98.6 Å². The number of nitrogens with one attached hydrogen (secondary N) is 1. The van der Waals surface area contributed by atoms with Crippen molar-refractivity contribution in [2.24, 2.45) is 5.41 Å². The van der Waals surface area contributed by atoms with Crippen molar-refractivity contribution in [1.82, 2.24) is 5.32 Å². The van der Waals surface area contributed by atoms with Gasteiger partial charge in [-0.25, -0.2) is 0 Å². The van der Waals surface area contributed by atoms with Crippen molar-refractivity contribution in [2.45, 2.75) is 57.6 Å². The first-order chi connectivity index (χ1) is 7.55. The van der Waals surface area contributed by atoms with Crippen LogP contribution in [0.3, 0.4) is 0 Å². The molecule has 3 nitrogen and oxygen atoms in total. The van der Waals surface area contributed by atoms with Gasteiger partial charge >= 0.3 is 0 Å². The van der Waals surface area contributed by atoms with Crippen molar-refractivity contribution >= 4 is 0 Å².